The maximum Gasteiger partial charge on any atom is 0.145 e. The summed E-state index contributed by atoms with van der Waals surface area (Å²) < 4.78 is 1.63. The fraction of sp³-hybridized carbons (Fsp3) is 0.714. The number of hydrogen-bond acceptors (Lipinski definition) is 3. The Morgan fingerprint density at radius 3 is 2.64 bits per heavy atom. The van der Waals surface area contributed by atoms with Crippen LogP contribution in [-0.4, -0.2) is 15.0 Å². The van der Waals surface area contributed by atoms with E-state index in [-0.39, 0.29) is 0 Å². The monoisotopic (exact) mass is 152 g/mol. The maximum atomic E-state index is 5.75. The molecule has 1 aliphatic rings. The van der Waals surface area contributed by atoms with E-state index in [1.54, 1.807) is 4.68 Å². The molecule has 1 aliphatic carbocycles. The second-order valence-corrected chi connectivity index (χ2v) is 3.11. The standard InChI is InChI=1S/C7H12N4/c1-11-7(8)6(9-10-11)5-3-2-4-5/h5H,2-4,8H2,1H3. The molecule has 4 heteroatoms. The van der Waals surface area contributed by atoms with E-state index >= 15 is 0 Å². The van der Waals surface area contributed by atoms with Gasteiger partial charge >= 0.3 is 0 Å². The Balaban J connectivity index is 2.29. The Bertz CT molecular complexity index is 261. The van der Waals surface area contributed by atoms with Crippen molar-refractivity contribution in [3.63, 3.8) is 0 Å². The van der Waals surface area contributed by atoms with Gasteiger partial charge in [0.1, 0.15) is 11.5 Å². The van der Waals surface area contributed by atoms with Crippen LogP contribution in [0.25, 0.3) is 0 Å². The van der Waals surface area contributed by atoms with Crippen LogP contribution in [0.2, 0.25) is 0 Å². The highest BCUT2D eigenvalue weighted by molar-refractivity contribution is 5.37. The van der Waals surface area contributed by atoms with Gasteiger partial charge in [-0.2, -0.15) is 0 Å². The summed E-state index contributed by atoms with van der Waals surface area (Å²) in [5.41, 5.74) is 6.75. The van der Waals surface area contributed by atoms with Gasteiger partial charge in [-0.05, 0) is 12.8 Å². The number of nitrogens with zero attached hydrogens (tertiary/aromatic N) is 3. The second-order valence-electron chi connectivity index (χ2n) is 3.11. The first-order valence-electron chi connectivity index (χ1n) is 3.94. The minimum Gasteiger partial charge on any atom is -0.382 e. The first kappa shape index (κ1) is 6.64. The largest absolute Gasteiger partial charge is 0.382 e. The summed E-state index contributed by atoms with van der Waals surface area (Å²) in [6, 6.07) is 0. The Morgan fingerprint density at radius 2 is 2.27 bits per heavy atom. The van der Waals surface area contributed by atoms with E-state index < -0.39 is 0 Å². The molecule has 1 aromatic rings. The summed E-state index contributed by atoms with van der Waals surface area (Å²) in [6.45, 7) is 0. The zero-order chi connectivity index (χ0) is 7.84. The first-order chi connectivity index (χ1) is 5.29. The van der Waals surface area contributed by atoms with E-state index in [1.165, 1.54) is 19.3 Å². The van der Waals surface area contributed by atoms with E-state index in [2.05, 4.69) is 10.3 Å². The van der Waals surface area contributed by atoms with Crippen LogP contribution in [0.5, 0.6) is 0 Å². The van der Waals surface area contributed by atoms with Crippen LogP contribution < -0.4 is 5.73 Å². The van der Waals surface area contributed by atoms with Crippen LogP contribution in [-0.2, 0) is 7.05 Å². The van der Waals surface area contributed by atoms with Crippen molar-refractivity contribution in [2.24, 2.45) is 7.05 Å². The highest BCUT2D eigenvalue weighted by Gasteiger charge is 2.24. The van der Waals surface area contributed by atoms with Gasteiger partial charge in [-0.15, -0.1) is 5.10 Å². The highest BCUT2D eigenvalue weighted by Crippen LogP contribution is 2.37. The lowest BCUT2D eigenvalue weighted by Gasteiger charge is -2.23. The SMILES string of the molecule is Cn1nnc(C2CCC2)c1N. The molecular formula is C7H12N4. The van der Waals surface area contributed by atoms with Gasteiger partial charge in [0.25, 0.3) is 0 Å². The Hall–Kier alpha value is -1.06. The molecule has 0 unspecified atom stereocenters. The van der Waals surface area contributed by atoms with Crippen molar-refractivity contribution in [3.8, 4) is 0 Å². The van der Waals surface area contributed by atoms with Crippen LogP contribution in [0.3, 0.4) is 0 Å². The molecule has 0 saturated heterocycles. The lowest BCUT2D eigenvalue weighted by molar-refractivity contribution is 0.411. The minimum atomic E-state index is 0.587. The van der Waals surface area contributed by atoms with Gasteiger partial charge in [0, 0.05) is 13.0 Å². The third-order valence-electron chi connectivity index (χ3n) is 2.39. The number of rotatable bonds is 1. The van der Waals surface area contributed by atoms with E-state index in [0.717, 1.165) is 11.5 Å². The van der Waals surface area contributed by atoms with Crippen molar-refractivity contribution < 1.29 is 0 Å². The second kappa shape index (κ2) is 2.22. The van der Waals surface area contributed by atoms with Crippen molar-refractivity contribution >= 4 is 5.82 Å². The van der Waals surface area contributed by atoms with Crippen LogP contribution in [0.1, 0.15) is 30.9 Å². The summed E-state index contributed by atoms with van der Waals surface area (Å²) in [4.78, 5) is 0. The van der Waals surface area contributed by atoms with E-state index in [0.29, 0.717) is 5.92 Å². The quantitative estimate of drug-likeness (QED) is 0.643. The average Bonchev–Trinajstić information content (AvgIpc) is 2.15. The van der Waals surface area contributed by atoms with E-state index in [1.807, 2.05) is 7.05 Å². The molecule has 2 N–H and O–H groups in total. The number of anilines is 1. The Morgan fingerprint density at radius 1 is 1.55 bits per heavy atom. The van der Waals surface area contributed by atoms with E-state index in [9.17, 15) is 0 Å². The van der Waals surface area contributed by atoms with Crippen LogP contribution in [0.4, 0.5) is 5.82 Å². The molecule has 0 atom stereocenters. The van der Waals surface area contributed by atoms with Gasteiger partial charge in [-0.1, -0.05) is 11.6 Å². The molecule has 0 aromatic carbocycles. The molecule has 11 heavy (non-hydrogen) atoms. The van der Waals surface area contributed by atoms with Crippen molar-refractivity contribution in [2.45, 2.75) is 25.2 Å². The molecule has 0 amide bonds. The number of aromatic nitrogens is 3. The van der Waals surface area contributed by atoms with Gasteiger partial charge in [-0.3, -0.25) is 0 Å². The van der Waals surface area contributed by atoms with Gasteiger partial charge < -0.3 is 5.73 Å². The fourth-order valence-electron chi connectivity index (χ4n) is 1.35. The molecule has 1 heterocycles. The van der Waals surface area contributed by atoms with Gasteiger partial charge in [0.05, 0.1) is 0 Å². The molecule has 4 nitrogen and oxygen atoms in total. The smallest absolute Gasteiger partial charge is 0.145 e. The van der Waals surface area contributed by atoms with Gasteiger partial charge in [0.15, 0.2) is 0 Å². The highest BCUT2D eigenvalue weighted by atomic mass is 15.4. The summed E-state index contributed by atoms with van der Waals surface area (Å²) in [7, 11) is 1.82. The summed E-state index contributed by atoms with van der Waals surface area (Å²) >= 11 is 0. The lowest BCUT2D eigenvalue weighted by atomic mass is 9.83. The topological polar surface area (TPSA) is 56.7 Å². The molecule has 1 aromatic heterocycles. The molecule has 1 saturated carbocycles. The lowest BCUT2D eigenvalue weighted by Crippen LogP contribution is -2.11. The van der Waals surface area contributed by atoms with Crippen LogP contribution in [0, 0.1) is 0 Å². The van der Waals surface area contributed by atoms with Crippen molar-refractivity contribution in [1.82, 2.24) is 15.0 Å². The number of hydrogen-bond donors (Lipinski definition) is 1. The first-order valence-corrected chi connectivity index (χ1v) is 3.94. The zero-order valence-corrected chi connectivity index (χ0v) is 6.62. The number of aryl methyl sites for hydroxylation is 1. The Kier molecular flexibility index (Phi) is 1.34. The molecule has 0 spiro atoms. The average molecular weight is 152 g/mol. The molecule has 0 radical (unpaired) electrons. The van der Waals surface area contributed by atoms with Crippen LogP contribution in [0.15, 0.2) is 0 Å². The summed E-state index contributed by atoms with van der Waals surface area (Å²) in [5.74, 6) is 1.32. The maximum absolute atomic E-state index is 5.75. The molecule has 2 rings (SSSR count). The predicted octanol–water partition coefficient (Wildman–Crippen LogP) is 0.665. The molecule has 1 fully saturated rings. The van der Waals surface area contributed by atoms with Gasteiger partial charge in [-0.25, -0.2) is 4.68 Å². The predicted molar refractivity (Wildman–Crippen MR) is 42.0 cm³/mol. The summed E-state index contributed by atoms with van der Waals surface area (Å²) in [6.07, 6.45) is 3.76. The third-order valence-corrected chi connectivity index (χ3v) is 2.39. The normalized spacial score (nSPS) is 18.3. The molecule has 60 valence electrons. The zero-order valence-electron chi connectivity index (χ0n) is 6.62. The van der Waals surface area contributed by atoms with Crippen LogP contribution >= 0.6 is 0 Å². The molecule has 0 bridgehead atoms. The van der Waals surface area contributed by atoms with E-state index in [4.69, 9.17) is 5.73 Å². The summed E-state index contributed by atoms with van der Waals surface area (Å²) in [5, 5.41) is 7.89. The van der Waals surface area contributed by atoms with Crippen molar-refractivity contribution in [3.05, 3.63) is 5.69 Å². The number of nitrogen functional groups attached to an aromatic ring is 1. The van der Waals surface area contributed by atoms with Crippen molar-refractivity contribution in [1.29, 1.82) is 0 Å². The Labute approximate surface area is 65.4 Å². The third kappa shape index (κ3) is 0.895. The van der Waals surface area contributed by atoms with Crippen molar-refractivity contribution in [2.75, 3.05) is 5.73 Å². The number of nitrogens with two attached hydrogens (primary N) is 1. The molecular weight excluding hydrogens is 140 g/mol. The minimum absolute atomic E-state index is 0.587. The molecule has 0 aliphatic heterocycles. The fourth-order valence-corrected chi connectivity index (χ4v) is 1.35. The van der Waals surface area contributed by atoms with Gasteiger partial charge in [0.2, 0.25) is 0 Å².